The fourth-order valence-corrected chi connectivity index (χ4v) is 18.1. The Kier molecular flexibility index (Phi) is 10.6. The van der Waals surface area contributed by atoms with Crippen LogP contribution in [0.3, 0.4) is 0 Å². The summed E-state index contributed by atoms with van der Waals surface area (Å²) in [4.78, 5) is 2.58. The lowest BCUT2D eigenvalue weighted by molar-refractivity contribution is -0.231. The van der Waals surface area contributed by atoms with Crippen molar-refractivity contribution in [3.05, 3.63) is 265 Å². The van der Waals surface area contributed by atoms with Gasteiger partial charge in [0.15, 0.2) is 0 Å². The van der Waals surface area contributed by atoms with Gasteiger partial charge in [-0.15, -0.1) is 0 Å². The van der Waals surface area contributed by atoms with Gasteiger partial charge in [0.05, 0.1) is 22.4 Å². The Morgan fingerprint density at radius 2 is 0.976 bits per heavy atom. The number of hydrogen-bond donors (Lipinski definition) is 0. The predicted molar refractivity (Wildman–Crippen MR) is 353 cm³/mol. The molecule has 6 atom stereocenters. The smallest absolute Gasteiger partial charge is 0.0547 e. The molecule has 1 aromatic heterocycles. The molecule has 17 rings (SSSR count). The molecule has 84 heavy (non-hydrogen) atoms. The van der Waals surface area contributed by atoms with Crippen molar-refractivity contribution in [2.75, 3.05) is 4.90 Å². The third-order valence-electron chi connectivity index (χ3n) is 21.6. The first kappa shape index (κ1) is 49.9. The number of para-hydroxylation sites is 4. The van der Waals surface area contributed by atoms with Crippen molar-refractivity contribution in [1.82, 2.24) is 4.57 Å². The average Bonchev–Trinajstić information content (AvgIpc) is 1.38. The van der Waals surface area contributed by atoms with Crippen molar-refractivity contribution >= 4 is 49.6 Å². The minimum atomic E-state index is -0.0209. The molecule has 408 valence electrons. The van der Waals surface area contributed by atoms with Crippen molar-refractivity contribution in [3.63, 3.8) is 0 Å². The summed E-state index contributed by atoms with van der Waals surface area (Å²) in [5.41, 5.74) is 26.3. The molecule has 0 amide bonds. The maximum absolute atomic E-state index is 2.68. The van der Waals surface area contributed by atoms with E-state index in [1.165, 1.54) is 125 Å². The minimum Gasteiger partial charge on any atom is -0.309 e. The van der Waals surface area contributed by atoms with E-state index in [1.54, 1.807) is 11.1 Å². The molecule has 4 fully saturated rings. The van der Waals surface area contributed by atoms with Crippen LogP contribution in [0, 0.1) is 29.1 Å². The third-order valence-corrected chi connectivity index (χ3v) is 21.6. The Morgan fingerprint density at radius 3 is 1.71 bits per heavy atom. The Hall–Kier alpha value is -8.72. The summed E-state index contributed by atoms with van der Waals surface area (Å²) < 4.78 is 2.42. The van der Waals surface area contributed by atoms with Gasteiger partial charge in [-0.2, -0.15) is 0 Å². The molecule has 2 bridgehead atoms. The summed E-state index contributed by atoms with van der Waals surface area (Å²) in [7, 11) is 0. The lowest BCUT2D eigenvalue weighted by Gasteiger charge is -2.76. The second-order valence-corrected chi connectivity index (χ2v) is 27.7. The summed E-state index contributed by atoms with van der Waals surface area (Å²) in [5.74, 6) is 3.32. The maximum atomic E-state index is 2.68. The van der Waals surface area contributed by atoms with E-state index >= 15 is 0 Å². The van der Waals surface area contributed by atoms with Gasteiger partial charge in [0, 0.05) is 38.7 Å². The zero-order valence-corrected chi connectivity index (χ0v) is 49.1. The van der Waals surface area contributed by atoms with Gasteiger partial charge in [-0.1, -0.05) is 230 Å². The first-order valence-corrected chi connectivity index (χ1v) is 31.0. The molecule has 6 unspecified atom stereocenters. The average molecular weight is 1080 g/mol. The summed E-state index contributed by atoms with van der Waals surface area (Å²) in [6.45, 7) is 14.1. The van der Waals surface area contributed by atoms with Gasteiger partial charge in [0.2, 0.25) is 0 Å². The van der Waals surface area contributed by atoms with Crippen LogP contribution in [-0.2, 0) is 16.2 Å². The van der Waals surface area contributed by atoms with E-state index in [0.29, 0.717) is 5.41 Å². The normalized spacial score (nSPS) is 21.6. The summed E-state index contributed by atoms with van der Waals surface area (Å²) >= 11 is 0. The number of aromatic nitrogens is 1. The lowest BCUT2D eigenvalue weighted by Crippen LogP contribution is -2.73. The number of hydrogen-bond acceptors (Lipinski definition) is 1. The van der Waals surface area contributed by atoms with Crippen LogP contribution < -0.4 is 4.90 Å². The molecule has 5 aliphatic rings. The van der Waals surface area contributed by atoms with Gasteiger partial charge in [-0.3, -0.25) is 0 Å². The third kappa shape index (κ3) is 6.92. The van der Waals surface area contributed by atoms with E-state index in [1.807, 2.05) is 0 Å². The molecule has 4 saturated carbocycles. The van der Waals surface area contributed by atoms with Crippen LogP contribution in [0.1, 0.15) is 89.5 Å². The molecule has 0 N–H and O–H groups in total. The predicted octanol–water partition coefficient (Wildman–Crippen LogP) is 22.0. The molecule has 1 heterocycles. The summed E-state index contributed by atoms with van der Waals surface area (Å²) in [6.07, 6.45) is 5.72. The van der Waals surface area contributed by atoms with E-state index in [9.17, 15) is 0 Å². The first-order valence-electron chi connectivity index (χ1n) is 31.0. The van der Waals surface area contributed by atoms with Crippen molar-refractivity contribution in [3.8, 4) is 61.3 Å². The monoisotopic (exact) mass is 1080 g/mol. The highest BCUT2D eigenvalue weighted by Gasteiger charge is 2.84. The van der Waals surface area contributed by atoms with Crippen LogP contribution in [0.15, 0.2) is 243 Å². The van der Waals surface area contributed by atoms with Crippen LogP contribution in [0.2, 0.25) is 0 Å². The molecular weight excluding hydrogens is 1010 g/mol. The van der Waals surface area contributed by atoms with Gasteiger partial charge in [0.1, 0.15) is 0 Å². The molecule has 12 aromatic rings. The minimum absolute atomic E-state index is 0.0209. The number of rotatable bonds is 8. The summed E-state index contributed by atoms with van der Waals surface area (Å²) in [6, 6.07) is 92.9. The van der Waals surface area contributed by atoms with Gasteiger partial charge in [-0.05, 0) is 198 Å². The number of nitrogens with zero attached hydrogens (tertiary/aromatic N) is 2. The van der Waals surface area contributed by atoms with Crippen LogP contribution in [-0.4, -0.2) is 4.57 Å². The van der Waals surface area contributed by atoms with E-state index in [4.69, 9.17) is 0 Å². The second kappa shape index (κ2) is 17.9. The quantitative estimate of drug-likeness (QED) is 0.147. The molecule has 0 saturated heterocycles. The van der Waals surface area contributed by atoms with Crippen molar-refractivity contribution < 1.29 is 0 Å². The van der Waals surface area contributed by atoms with Gasteiger partial charge >= 0.3 is 0 Å². The van der Waals surface area contributed by atoms with Crippen LogP contribution in [0.4, 0.5) is 17.1 Å². The summed E-state index contributed by atoms with van der Waals surface area (Å²) in [5, 5.41) is 5.02. The SMILES string of the molecule is CC(C)(C)c1cc(-c2cccc3cccc(-c4ccccc4N(c4ccc(-c5cccc6c5c5ccccc5n6-c5ccccc5)cc4)c4ccccc4-c4ccc5c(c4)C4(c6ccccc6-5)C5CC6CC7CC4C75C6)c23)cc(C(C)(C)C)c1. The van der Waals surface area contributed by atoms with Crippen LogP contribution in [0.25, 0.3) is 93.9 Å². The largest absolute Gasteiger partial charge is 0.309 e. The highest BCUT2D eigenvalue weighted by molar-refractivity contribution is 6.16. The molecule has 5 aliphatic carbocycles. The van der Waals surface area contributed by atoms with E-state index in [2.05, 4.69) is 294 Å². The topological polar surface area (TPSA) is 8.17 Å². The fraction of sp³-hybridized carbons (Fsp3) is 0.220. The molecule has 11 aromatic carbocycles. The molecular formula is C82H70N2. The van der Waals surface area contributed by atoms with Crippen LogP contribution >= 0.6 is 0 Å². The second-order valence-electron chi connectivity index (χ2n) is 27.7. The van der Waals surface area contributed by atoms with E-state index < -0.39 is 0 Å². The van der Waals surface area contributed by atoms with Crippen molar-refractivity contribution in [2.45, 2.75) is 83.5 Å². The zero-order valence-electron chi connectivity index (χ0n) is 49.1. The number of fused-ring (bicyclic) bond motifs is 12. The molecule has 0 aliphatic heterocycles. The van der Waals surface area contributed by atoms with Gasteiger partial charge in [-0.25, -0.2) is 0 Å². The molecule has 2 spiro atoms. The highest BCUT2D eigenvalue weighted by Crippen LogP contribution is 2.89. The van der Waals surface area contributed by atoms with E-state index in [-0.39, 0.29) is 16.2 Å². The molecule has 0 radical (unpaired) electrons. The maximum Gasteiger partial charge on any atom is 0.0547 e. The van der Waals surface area contributed by atoms with Crippen molar-refractivity contribution in [1.29, 1.82) is 0 Å². The molecule has 2 heteroatoms. The number of benzene rings is 11. The lowest BCUT2D eigenvalue weighted by atomic mass is 9.27. The first-order chi connectivity index (χ1) is 40.9. The number of anilines is 3. The van der Waals surface area contributed by atoms with Crippen LogP contribution in [0.5, 0.6) is 0 Å². The zero-order chi connectivity index (χ0) is 56.4. The Balaban J connectivity index is 0.868. The molecule has 2 nitrogen and oxygen atoms in total. The standard InChI is InChI=1S/C82H70N2/c1-79(2,3)56-45-55(46-57(48-56)80(4,5)6)63-29-18-21-53-22-19-31-67(77(53)63)66-27-12-16-34-72(66)83(60-40-37-52(38-41-60)62-30-20-36-74-78(62)68-28-13-17-35-73(68)84(74)59-23-8-7-9-24-59)71-33-15-11-25-61(71)54-39-42-65-64-26-10-14-32-69(64)82(70(65)47-54)75-44-51-43-58-49-76(82)81(58,75)50-51/h7-42,45-48,51,58,75-76H,43-44,49-50H2,1-6H3. The highest BCUT2D eigenvalue weighted by atomic mass is 15.1. The van der Waals surface area contributed by atoms with Crippen molar-refractivity contribution in [2.24, 2.45) is 29.1 Å². The van der Waals surface area contributed by atoms with E-state index in [0.717, 1.165) is 46.4 Å². The Labute approximate surface area is 495 Å². The Morgan fingerprint density at radius 1 is 0.405 bits per heavy atom. The van der Waals surface area contributed by atoms with Gasteiger partial charge in [0.25, 0.3) is 0 Å². The van der Waals surface area contributed by atoms with Gasteiger partial charge < -0.3 is 9.47 Å². The Bertz CT molecular complexity index is 4640. The fourth-order valence-electron chi connectivity index (χ4n) is 18.1.